The normalized spacial score (nSPS) is 12.2. The van der Waals surface area contributed by atoms with Crippen LogP contribution >= 0.6 is 11.6 Å². The Hall–Kier alpha value is -1.06. The van der Waals surface area contributed by atoms with E-state index in [1.807, 2.05) is 31.2 Å². The SMILES string of the molecule is CCCCNC(Cl)C(=O)Nc1ccccc1C. The summed E-state index contributed by atoms with van der Waals surface area (Å²) >= 11 is 5.95. The van der Waals surface area contributed by atoms with Gasteiger partial charge in [0.25, 0.3) is 5.91 Å². The van der Waals surface area contributed by atoms with Gasteiger partial charge in [-0.3, -0.25) is 10.1 Å². The number of carbonyl (C=O) groups is 1. The van der Waals surface area contributed by atoms with Gasteiger partial charge in [0.15, 0.2) is 5.50 Å². The first-order valence-corrected chi connectivity index (χ1v) is 6.32. The summed E-state index contributed by atoms with van der Waals surface area (Å²) in [6.07, 6.45) is 2.09. The van der Waals surface area contributed by atoms with E-state index in [2.05, 4.69) is 17.6 Å². The van der Waals surface area contributed by atoms with Gasteiger partial charge in [0.05, 0.1) is 0 Å². The highest BCUT2D eigenvalue weighted by Gasteiger charge is 2.14. The second-order valence-electron chi connectivity index (χ2n) is 3.97. The minimum atomic E-state index is -0.679. The van der Waals surface area contributed by atoms with Gasteiger partial charge in [0.1, 0.15) is 0 Å². The van der Waals surface area contributed by atoms with E-state index in [9.17, 15) is 4.79 Å². The maximum Gasteiger partial charge on any atom is 0.256 e. The van der Waals surface area contributed by atoms with E-state index in [4.69, 9.17) is 11.6 Å². The molecule has 0 aliphatic rings. The van der Waals surface area contributed by atoms with Crippen molar-refractivity contribution >= 4 is 23.2 Å². The number of carbonyl (C=O) groups excluding carboxylic acids is 1. The van der Waals surface area contributed by atoms with Crippen LogP contribution < -0.4 is 10.6 Å². The third kappa shape index (κ3) is 4.75. The van der Waals surface area contributed by atoms with Gasteiger partial charge in [0.2, 0.25) is 0 Å². The molecule has 0 aromatic heterocycles. The van der Waals surface area contributed by atoms with Crippen molar-refractivity contribution in [3.05, 3.63) is 29.8 Å². The number of halogens is 1. The lowest BCUT2D eigenvalue weighted by atomic mass is 10.2. The lowest BCUT2D eigenvalue weighted by Gasteiger charge is -2.13. The molecule has 1 rings (SSSR count). The molecule has 2 N–H and O–H groups in total. The lowest BCUT2D eigenvalue weighted by Crippen LogP contribution is -2.36. The molecule has 17 heavy (non-hydrogen) atoms. The topological polar surface area (TPSA) is 41.1 Å². The predicted molar refractivity (Wildman–Crippen MR) is 72.4 cm³/mol. The third-order valence-electron chi connectivity index (χ3n) is 2.49. The summed E-state index contributed by atoms with van der Waals surface area (Å²) < 4.78 is 0. The lowest BCUT2D eigenvalue weighted by molar-refractivity contribution is -0.116. The Labute approximate surface area is 108 Å². The molecule has 0 saturated heterocycles. The summed E-state index contributed by atoms with van der Waals surface area (Å²) in [7, 11) is 0. The van der Waals surface area contributed by atoms with Gasteiger partial charge in [-0.15, -0.1) is 0 Å². The van der Waals surface area contributed by atoms with Crippen molar-refractivity contribution in [3.8, 4) is 0 Å². The molecule has 1 amide bonds. The summed E-state index contributed by atoms with van der Waals surface area (Å²) in [6, 6.07) is 7.63. The summed E-state index contributed by atoms with van der Waals surface area (Å²) in [5.41, 5.74) is 1.15. The molecule has 0 bridgehead atoms. The molecular formula is C13H19ClN2O. The predicted octanol–water partition coefficient (Wildman–Crippen LogP) is 2.89. The van der Waals surface area contributed by atoms with Gasteiger partial charge >= 0.3 is 0 Å². The molecule has 0 aliphatic carbocycles. The fourth-order valence-corrected chi connectivity index (χ4v) is 1.57. The molecule has 3 nitrogen and oxygen atoms in total. The Morgan fingerprint density at radius 3 is 2.76 bits per heavy atom. The first kappa shape index (κ1) is 14.0. The number of unbranched alkanes of at least 4 members (excludes halogenated alkanes) is 1. The van der Waals surface area contributed by atoms with Gasteiger partial charge in [0, 0.05) is 5.69 Å². The molecule has 0 heterocycles. The number of benzene rings is 1. The summed E-state index contributed by atoms with van der Waals surface area (Å²) in [4.78, 5) is 11.8. The quantitative estimate of drug-likeness (QED) is 0.466. The molecule has 0 radical (unpaired) electrons. The zero-order valence-corrected chi connectivity index (χ0v) is 11.1. The molecule has 0 spiro atoms. The highest BCUT2D eigenvalue weighted by Crippen LogP contribution is 2.13. The number of hydrogen-bond acceptors (Lipinski definition) is 2. The Kier molecular flexibility index (Phi) is 6.01. The molecule has 1 atom stereocenters. The number of para-hydroxylation sites is 1. The highest BCUT2D eigenvalue weighted by atomic mass is 35.5. The maximum absolute atomic E-state index is 11.8. The standard InChI is InChI=1S/C13H19ClN2O/c1-3-4-9-15-12(14)13(17)16-11-8-6-5-7-10(11)2/h5-8,12,15H,3-4,9H2,1-2H3,(H,16,17). The third-order valence-corrected chi connectivity index (χ3v) is 2.84. The fraction of sp³-hybridized carbons (Fsp3) is 0.462. The second kappa shape index (κ2) is 7.30. The maximum atomic E-state index is 11.8. The van der Waals surface area contributed by atoms with Crippen molar-refractivity contribution < 1.29 is 4.79 Å². The first-order chi connectivity index (χ1) is 8.15. The number of aryl methyl sites for hydroxylation is 1. The van der Waals surface area contributed by atoms with Crippen LogP contribution in [0.15, 0.2) is 24.3 Å². The molecule has 1 unspecified atom stereocenters. The number of amides is 1. The van der Waals surface area contributed by atoms with Crippen LogP contribution in [0.5, 0.6) is 0 Å². The van der Waals surface area contributed by atoms with E-state index < -0.39 is 5.50 Å². The first-order valence-electron chi connectivity index (χ1n) is 5.89. The molecule has 0 saturated carbocycles. The van der Waals surface area contributed by atoms with Gasteiger partial charge in [-0.2, -0.15) is 0 Å². The Morgan fingerprint density at radius 2 is 2.12 bits per heavy atom. The smallest absolute Gasteiger partial charge is 0.256 e. The van der Waals surface area contributed by atoms with Crippen molar-refractivity contribution in [3.63, 3.8) is 0 Å². The monoisotopic (exact) mass is 254 g/mol. The number of anilines is 1. The van der Waals surface area contributed by atoms with Crippen molar-refractivity contribution in [1.29, 1.82) is 0 Å². The summed E-state index contributed by atoms with van der Waals surface area (Å²) in [6.45, 7) is 4.80. The Balaban J connectivity index is 2.46. The molecule has 0 aliphatic heterocycles. The molecule has 1 aromatic carbocycles. The number of rotatable bonds is 6. The van der Waals surface area contributed by atoms with Crippen LogP contribution in [0.4, 0.5) is 5.69 Å². The number of nitrogens with one attached hydrogen (secondary N) is 2. The molecule has 94 valence electrons. The van der Waals surface area contributed by atoms with E-state index in [-0.39, 0.29) is 5.91 Å². The van der Waals surface area contributed by atoms with Crippen LogP contribution in [0.3, 0.4) is 0 Å². The van der Waals surface area contributed by atoms with Gasteiger partial charge in [-0.1, -0.05) is 43.1 Å². The van der Waals surface area contributed by atoms with Crippen LogP contribution in [0, 0.1) is 6.92 Å². The Bertz CT molecular complexity index is 368. The van der Waals surface area contributed by atoms with E-state index in [0.29, 0.717) is 0 Å². The second-order valence-corrected chi connectivity index (χ2v) is 4.41. The largest absolute Gasteiger partial charge is 0.323 e. The number of hydrogen-bond donors (Lipinski definition) is 2. The van der Waals surface area contributed by atoms with E-state index >= 15 is 0 Å². The number of alkyl halides is 1. The molecule has 1 aromatic rings. The van der Waals surface area contributed by atoms with Crippen LogP contribution in [-0.4, -0.2) is 18.0 Å². The van der Waals surface area contributed by atoms with Crippen molar-refractivity contribution in [1.82, 2.24) is 5.32 Å². The minimum absolute atomic E-state index is 0.211. The summed E-state index contributed by atoms with van der Waals surface area (Å²) in [5.74, 6) is -0.211. The van der Waals surface area contributed by atoms with Crippen molar-refractivity contribution in [2.75, 3.05) is 11.9 Å². The zero-order chi connectivity index (χ0) is 12.7. The highest BCUT2D eigenvalue weighted by molar-refractivity contribution is 6.32. The van der Waals surface area contributed by atoms with Crippen LogP contribution in [0.25, 0.3) is 0 Å². The van der Waals surface area contributed by atoms with Gasteiger partial charge in [-0.25, -0.2) is 0 Å². The average Bonchev–Trinajstić information content (AvgIpc) is 2.32. The zero-order valence-electron chi connectivity index (χ0n) is 10.3. The molecule has 0 fully saturated rings. The van der Waals surface area contributed by atoms with Crippen LogP contribution in [-0.2, 0) is 4.79 Å². The van der Waals surface area contributed by atoms with E-state index in [1.54, 1.807) is 0 Å². The van der Waals surface area contributed by atoms with E-state index in [1.165, 1.54) is 0 Å². The Morgan fingerprint density at radius 1 is 1.41 bits per heavy atom. The van der Waals surface area contributed by atoms with Gasteiger partial charge in [-0.05, 0) is 31.5 Å². The van der Waals surface area contributed by atoms with Crippen molar-refractivity contribution in [2.24, 2.45) is 0 Å². The van der Waals surface area contributed by atoms with Crippen LogP contribution in [0.1, 0.15) is 25.3 Å². The van der Waals surface area contributed by atoms with Crippen molar-refractivity contribution in [2.45, 2.75) is 32.2 Å². The molecular weight excluding hydrogens is 236 g/mol. The van der Waals surface area contributed by atoms with Gasteiger partial charge < -0.3 is 5.32 Å². The average molecular weight is 255 g/mol. The van der Waals surface area contributed by atoms with Crippen LogP contribution in [0.2, 0.25) is 0 Å². The summed E-state index contributed by atoms with van der Waals surface area (Å²) in [5, 5.41) is 5.78. The molecule has 4 heteroatoms. The van der Waals surface area contributed by atoms with E-state index in [0.717, 1.165) is 30.6 Å². The minimum Gasteiger partial charge on any atom is -0.323 e. The fourth-order valence-electron chi connectivity index (χ4n) is 1.41.